The number of benzene rings is 2. The maximum atomic E-state index is 11.5. The van der Waals surface area contributed by atoms with Crippen molar-refractivity contribution in [1.82, 2.24) is 0 Å². The first-order chi connectivity index (χ1) is 9.60. The fourth-order valence-electron chi connectivity index (χ4n) is 1.64. The van der Waals surface area contributed by atoms with Crippen molar-refractivity contribution in [3.05, 3.63) is 58.6 Å². The molecule has 1 N–H and O–H groups in total. The van der Waals surface area contributed by atoms with E-state index in [2.05, 4.69) is 4.74 Å². The van der Waals surface area contributed by atoms with Crippen LogP contribution in [0.4, 0.5) is 0 Å². The Kier molecular flexibility index (Phi) is 4.93. The number of carbonyl (C=O) groups excluding carboxylic acids is 1. The first-order valence-corrected chi connectivity index (χ1v) is 7.25. The summed E-state index contributed by atoms with van der Waals surface area (Å²) in [6, 6.07) is 12.1. The maximum Gasteiger partial charge on any atom is 0.337 e. The van der Waals surface area contributed by atoms with Crippen LogP contribution < -0.4 is 0 Å². The summed E-state index contributed by atoms with van der Waals surface area (Å²) < 4.78 is 4.67. The van der Waals surface area contributed by atoms with Crippen LogP contribution in [0.5, 0.6) is 5.75 Å². The number of rotatable bonds is 4. The largest absolute Gasteiger partial charge is 0.508 e. The van der Waals surface area contributed by atoms with Gasteiger partial charge in [-0.05, 0) is 42.5 Å². The molecule has 0 unspecified atom stereocenters. The summed E-state index contributed by atoms with van der Waals surface area (Å²) in [5.41, 5.74) is 1.12. The zero-order valence-electron chi connectivity index (χ0n) is 10.8. The van der Waals surface area contributed by atoms with Gasteiger partial charge in [-0.25, -0.2) is 4.79 Å². The molecule has 2 aromatic rings. The first-order valence-electron chi connectivity index (χ1n) is 5.88. The number of ether oxygens (including phenoxy) is 1. The third-order valence-electron chi connectivity index (χ3n) is 2.71. The van der Waals surface area contributed by atoms with E-state index >= 15 is 0 Å². The van der Waals surface area contributed by atoms with Gasteiger partial charge in [0.05, 0.1) is 12.7 Å². The Morgan fingerprint density at radius 2 is 1.95 bits per heavy atom. The maximum absolute atomic E-state index is 11.5. The van der Waals surface area contributed by atoms with Crippen LogP contribution in [0.3, 0.4) is 0 Å². The molecule has 0 saturated carbocycles. The number of hydrogen-bond acceptors (Lipinski definition) is 4. The molecule has 0 saturated heterocycles. The highest BCUT2D eigenvalue weighted by Gasteiger charge is 2.09. The van der Waals surface area contributed by atoms with Crippen molar-refractivity contribution in [3.63, 3.8) is 0 Å². The number of aromatic hydroxyl groups is 1. The second-order valence-corrected chi connectivity index (χ2v) is 5.56. The van der Waals surface area contributed by atoms with Crippen LogP contribution in [0.1, 0.15) is 15.9 Å². The lowest BCUT2D eigenvalue weighted by Gasteiger charge is -2.07. The summed E-state index contributed by atoms with van der Waals surface area (Å²) in [6.45, 7) is 0. The van der Waals surface area contributed by atoms with E-state index in [1.807, 2.05) is 24.3 Å². The third-order valence-corrected chi connectivity index (χ3v) is 4.02. The monoisotopic (exact) mass is 308 g/mol. The van der Waals surface area contributed by atoms with Crippen LogP contribution in [0, 0.1) is 0 Å². The van der Waals surface area contributed by atoms with Crippen molar-refractivity contribution < 1.29 is 14.6 Å². The number of methoxy groups -OCH3 is 1. The minimum Gasteiger partial charge on any atom is -0.508 e. The van der Waals surface area contributed by atoms with E-state index in [4.69, 9.17) is 11.6 Å². The molecule has 0 aliphatic rings. The van der Waals surface area contributed by atoms with E-state index < -0.39 is 5.97 Å². The average molecular weight is 309 g/mol. The fraction of sp³-hybridized carbons (Fsp3) is 0.133. The lowest BCUT2D eigenvalue weighted by atomic mass is 10.1. The number of hydrogen-bond donors (Lipinski definition) is 1. The van der Waals surface area contributed by atoms with E-state index in [1.54, 1.807) is 17.8 Å². The van der Waals surface area contributed by atoms with Gasteiger partial charge in [-0.1, -0.05) is 11.6 Å². The highest BCUT2D eigenvalue weighted by atomic mass is 35.5. The number of esters is 1. The molecule has 2 aromatic carbocycles. The van der Waals surface area contributed by atoms with Crippen molar-refractivity contribution in [2.45, 2.75) is 10.6 Å². The normalized spacial score (nSPS) is 10.3. The number of halogens is 1. The standard InChI is InChI=1S/C15H13ClO3S/c1-19-15(18)10-2-7-14(17)11(8-10)9-20-13-5-3-12(16)4-6-13/h2-8,17H,9H2,1H3. The molecule has 0 aliphatic carbocycles. The SMILES string of the molecule is COC(=O)c1ccc(O)c(CSc2ccc(Cl)cc2)c1. The van der Waals surface area contributed by atoms with Crippen molar-refractivity contribution in [1.29, 1.82) is 0 Å². The van der Waals surface area contributed by atoms with Crippen LogP contribution in [-0.4, -0.2) is 18.2 Å². The van der Waals surface area contributed by atoms with Crippen LogP contribution >= 0.6 is 23.4 Å². The van der Waals surface area contributed by atoms with E-state index in [0.717, 1.165) is 4.90 Å². The quantitative estimate of drug-likeness (QED) is 0.681. The molecule has 5 heteroatoms. The Morgan fingerprint density at radius 3 is 2.60 bits per heavy atom. The molecule has 0 radical (unpaired) electrons. The van der Waals surface area contributed by atoms with E-state index in [-0.39, 0.29) is 5.75 Å². The zero-order valence-corrected chi connectivity index (χ0v) is 12.4. The van der Waals surface area contributed by atoms with Gasteiger partial charge in [0.15, 0.2) is 0 Å². The highest BCUT2D eigenvalue weighted by molar-refractivity contribution is 7.98. The number of phenolic OH excluding ortho intramolecular Hbond substituents is 1. The van der Waals surface area contributed by atoms with Gasteiger partial charge in [0.1, 0.15) is 5.75 Å². The molecule has 0 amide bonds. The third kappa shape index (κ3) is 3.68. The van der Waals surface area contributed by atoms with Gasteiger partial charge in [0.25, 0.3) is 0 Å². The van der Waals surface area contributed by atoms with Gasteiger partial charge in [0.2, 0.25) is 0 Å². The molecule has 0 spiro atoms. The summed E-state index contributed by atoms with van der Waals surface area (Å²) in [5, 5.41) is 10.5. The van der Waals surface area contributed by atoms with Crippen LogP contribution in [-0.2, 0) is 10.5 Å². The summed E-state index contributed by atoms with van der Waals surface area (Å²) in [4.78, 5) is 12.5. The summed E-state index contributed by atoms with van der Waals surface area (Å²) in [5.74, 6) is 0.306. The summed E-state index contributed by atoms with van der Waals surface area (Å²) in [6.07, 6.45) is 0. The van der Waals surface area contributed by atoms with Crippen LogP contribution in [0.25, 0.3) is 0 Å². The molecular weight excluding hydrogens is 296 g/mol. The molecule has 2 rings (SSSR count). The van der Waals surface area contributed by atoms with Crippen molar-refractivity contribution in [2.75, 3.05) is 7.11 Å². The molecule has 0 aliphatic heterocycles. The van der Waals surface area contributed by atoms with Crippen LogP contribution in [0.2, 0.25) is 5.02 Å². The van der Waals surface area contributed by atoms with Crippen molar-refractivity contribution in [3.8, 4) is 5.75 Å². The van der Waals surface area contributed by atoms with Crippen molar-refractivity contribution >= 4 is 29.3 Å². The van der Waals surface area contributed by atoms with Gasteiger partial charge in [-0.3, -0.25) is 0 Å². The van der Waals surface area contributed by atoms with Gasteiger partial charge in [-0.15, -0.1) is 11.8 Å². The van der Waals surface area contributed by atoms with Gasteiger partial charge >= 0.3 is 5.97 Å². The van der Waals surface area contributed by atoms with Crippen molar-refractivity contribution in [2.24, 2.45) is 0 Å². The molecule has 0 bridgehead atoms. The van der Waals surface area contributed by atoms with E-state index in [9.17, 15) is 9.90 Å². The highest BCUT2D eigenvalue weighted by Crippen LogP contribution is 2.29. The lowest BCUT2D eigenvalue weighted by Crippen LogP contribution is -2.01. The van der Waals surface area contributed by atoms with Gasteiger partial charge < -0.3 is 9.84 Å². The fourth-order valence-corrected chi connectivity index (χ4v) is 2.65. The van der Waals surface area contributed by atoms with Gasteiger partial charge in [0, 0.05) is 21.2 Å². The molecule has 104 valence electrons. The Balaban J connectivity index is 2.12. The smallest absolute Gasteiger partial charge is 0.337 e. The molecule has 0 aromatic heterocycles. The average Bonchev–Trinajstić information content (AvgIpc) is 2.47. The second kappa shape index (κ2) is 6.68. The lowest BCUT2D eigenvalue weighted by molar-refractivity contribution is 0.0600. The zero-order chi connectivity index (χ0) is 14.5. The van der Waals surface area contributed by atoms with Crippen LogP contribution in [0.15, 0.2) is 47.4 Å². The first kappa shape index (κ1) is 14.8. The molecule has 0 atom stereocenters. The summed E-state index contributed by atoms with van der Waals surface area (Å²) in [7, 11) is 1.33. The number of thioether (sulfide) groups is 1. The number of phenols is 1. The second-order valence-electron chi connectivity index (χ2n) is 4.08. The molecule has 0 heterocycles. The topological polar surface area (TPSA) is 46.5 Å². The molecule has 3 nitrogen and oxygen atoms in total. The van der Waals surface area contributed by atoms with Gasteiger partial charge in [-0.2, -0.15) is 0 Å². The van der Waals surface area contributed by atoms with E-state index in [1.165, 1.54) is 19.2 Å². The number of carbonyl (C=O) groups is 1. The Bertz CT molecular complexity index is 611. The predicted octanol–water partition coefficient (Wildman–Crippen LogP) is 4.12. The predicted molar refractivity (Wildman–Crippen MR) is 80.5 cm³/mol. The minimum atomic E-state index is -0.414. The molecular formula is C15H13ClO3S. The summed E-state index contributed by atoms with van der Waals surface area (Å²) >= 11 is 7.38. The molecule has 20 heavy (non-hydrogen) atoms. The Hall–Kier alpha value is -1.65. The molecule has 0 fully saturated rings. The minimum absolute atomic E-state index is 0.166. The Labute approximate surface area is 126 Å². The Morgan fingerprint density at radius 1 is 1.25 bits per heavy atom. The van der Waals surface area contributed by atoms with E-state index in [0.29, 0.717) is 21.9 Å².